The third kappa shape index (κ3) is 10.2. The lowest BCUT2D eigenvalue weighted by atomic mass is 9.76. The molecule has 2 saturated carbocycles. The lowest BCUT2D eigenvalue weighted by Crippen LogP contribution is -2.23. The predicted molar refractivity (Wildman–Crippen MR) is 135 cm³/mol. The predicted octanol–water partition coefficient (Wildman–Crippen LogP) is 9.54. The maximum atomic E-state index is 4.12. The van der Waals surface area contributed by atoms with Gasteiger partial charge in [-0.1, -0.05) is 112 Å². The van der Waals surface area contributed by atoms with Crippen LogP contribution >= 0.6 is 47.8 Å². The quantitative estimate of drug-likeness (QED) is 0.191. The van der Waals surface area contributed by atoms with Crippen molar-refractivity contribution in [2.75, 3.05) is 16.0 Å². The van der Waals surface area contributed by atoms with Crippen LogP contribution in [0.2, 0.25) is 0 Å². The third-order valence-corrected chi connectivity index (χ3v) is 9.33. The molecule has 0 saturated heterocycles. The largest absolute Gasteiger partial charge is 0.0987 e. The van der Waals surface area contributed by atoms with Crippen LogP contribution in [0.3, 0.4) is 0 Å². The molecule has 160 valence electrons. The molecule has 0 spiro atoms. The minimum absolute atomic E-state index is 0.812. The normalized spacial score (nSPS) is 28.5. The first-order valence-electron chi connectivity index (χ1n) is 11.4. The van der Waals surface area contributed by atoms with Crippen molar-refractivity contribution in [2.24, 2.45) is 29.6 Å². The summed E-state index contributed by atoms with van der Waals surface area (Å²) >= 11 is 10.8. The van der Waals surface area contributed by atoms with E-state index < -0.39 is 0 Å². The first-order chi connectivity index (χ1) is 13.1. The second kappa shape index (κ2) is 15.9. The zero-order chi connectivity index (χ0) is 20.1. The Labute approximate surface area is 195 Å². The second-order valence-electron chi connectivity index (χ2n) is 8.94. The molecule has 0 bridgehead atoms. The van der Waals surface area contributed by atoms with Crippen LogP contribution in [0.1, 0.15) is 90.9 Å². The average molecular weight is 571 g/mol. The van der Waals surface area contributed by atoms with Gasteiger partial charge in [-0.25, -0.2) is 0 Å². The summed E-state index contributed by atoms with van der Waals surface area (Å²) in [4.78, 5) is 0. The first-order valence-corrected chi connectivity index (χ1v) is 14.8. The molecule has 0 amide bonds. The van der Waals surface area contributed by atoms with Gasteiger partial charge in [-0.15, -0.1) is 0 Å². The van der Waals surface area contributed by atoms with Crippen molar-refractivity contribution in [3.05, 3.63) is 12.2 Å². The second-order valence-corrected chi connectivity index (χ2v) is 10.8. The van der Waals surface area contributed by atoms with Crippen LogP contribution in [0.4, 0.5) is 0 Å². The lowest BCUT2D eigenvalue weighted by molar-refractivity contribution is 0.221. The molecule has 0 heterocycles. The van der Waals surface area contributed by atoms with E-state index in [-0.39, 0.29) is 0 Å². The molecule has 2 rings (SSSR count). The minimum Gasteiger partial charge on any atom is -0.0987 e. The zero-order valence-corrected chi connectivity index (χ0v) is 22.6. The molecule has 0 N–H and O–H groups in total. The van der Waals surface area contributed by atoms with Crippen molar-refractivity contribution in [3.8, 4) is 0 Å². The summed E-state index contributed by atoms with van der Waals surface area (Å²) in [6, 6.07) is 0. The van der Waals surface area contributed by atoms with Crippen LogP contribution in [0.25, 0.3) is 0 Å². The van der Waals surface area contributed by atoms with Gasteiger partial charge in [0, 0.05) is 16.0 Å². The minimum atomic E-state index is 0.812. The van der Waals surface area contributed by atoms with Crippen molar-refractivity contribution in [1.29, 1.82) is 0 Å². The molecule has 0 nitrogen and oxygen atoms in total. The molecule has 2 aliphatic carbocycles. The van der Waals surface area contributed by atoms with Gasteiger partial charge < -0.3 is 0 Å². The van der Waals surface area contributed by atoms with Gasteiger partial charge in [0.05, 0.1) is 0 Å². The van der Waals surface area contributed by atoms with Gasteiger partial charge in [0.2, 0.25) is 0 Å². The van der Waals surface area contributed by atoms with Crippen LogP contribution in [0.15, 0.2) is 12.2 Å². The van der Waals surface area contributed by atoms with E-state index in [1.54, 1.807) is 0 Å². The molecule has 27 heavy (non-hydrogen) atoms. The number of hydrogen-bond acceptors (Lipinski definition) is 0. The summed E-state index contributed by atoms with van der Waals surface area (Å²) < 4.78 is 0. The van der Waals surface area contributed by atoms with Crippen LogP contribution in [-0.4, -0.2) is 16.0 Å². The van der Waals surface area contributed by atoms with Gasteiger partial charge in [0.25, 0.3) is 0 Å². The monoisotopic (exact) mass is 568 g/mol. The van der Waals surface area contributed by atoms with Crippen LogP contribution < -0.4 is 0 Å². The van der Waals surface area contributed by atoms with E-state index in [4.69, 9.17) is 0 Å². The van der Waals surface area contributed by atoms with E-state index in [9.17, 15) is 0 Å². The maximum absolute atomic E-state index is 4.12. The summed E-state index contributed by atoms with van der Waals surface area (Å²) in [6.07, 6.45) is 17.2. The molecule has 0 atom stereocenters. The number of allylic oxidation sites excluding steroid dienone is 1. The van der Waals surface area contributed by atoms with Gasteiger partial charge in [-0.05, 0) is 68.1 Å². The zero-order valence-electron chi connectivity index (χ0n) is 17.8. The van der Waals surface area contributed by atoms with E-state index in [1.165, 1.54) is 93.3 Å². The molecule has 0 aliphatic heterocycles. The molecule has 2 aliphatic rings. The fourth-order valence-corrected chi connectivity index (χ4v) is 7.61. The average Bonchev–Trinajstić information content (AvgIpc) is 2.71. The molecular formula is C24H43Br3. The van der Waals surface area contributed by atoms with Crippen molar-refractivity contribution in [1.82, 2.24) is 0 Å². The van der Waals surface area contributed by atoms with Gasteiger partial charge >= 0.3 is 0 Å². The molecule has 0 aromatic carbocycles. The van der Waals surface area contributed by atoms with Gasteiger partial charge in [0.1, 0.15) is 0 Å². The van der Waals surface area contributed by atoms with Crippen molar-refractivity contribution < 1.29 is 0 Å². The lowest BCUT2D eigenvalue weighted by Gasteiger charge is -2.32. The van der Waals surface area contributed by atoms with Gasteiger partial charge in [-0.3, -0.25) is 0 Å². The molecule has 0 radical (unpaired) electrons. The van der Waals surface area contributed by atoms with Crippen molar-refractivity contribution in [3.63, 3.8) is 0 Å². The van der Waals surface area contributed by atoms with Crippen LogP contribution in [0, 0.1) is 29.6 Å². The molecular weight excluding hydrogens is 528 g/mol. The molecule has 2 fully saturated rings. The molecule has 0 aromatic heterocycles. The topological polar surface area (TPSA) is 0 Å². The number of alkyl halides is 3. The summed E-state index contributed by atoms with van der Waals surface area (Å²) in [5, 5.41) is 3.33. The highest BCUT2D eigenvalue weighted by Crippen LogP contribution is 2.37. The Bertz CT molecular complexity index is 362. The first kappa shape index (κ1) is 26.2. The van der Waals surface area contributed by atoms with Crippen LogP contribution in [0.5, 0.6) is 0 Å². The smallest absolute Gasteiger partial charge is 0.0241 e. The van der Waals surface area contributed by atoms with Gasteiger partial charge in [0.15, 0.2) is 0 Å². The highest BCUT2D eigenvalue weighted by Gasteiger charge is 2.26. The van der Waals surface area contributed by atoms with Gasteiger partial charge in [-0.2, -0.15) is 0 Å². The Hall–Kier alpha value is 1.18. The Kier molecular flexibility index (Phi) is 15.5. The summed E-state index contributed by atoms with van der Waals surface area (Å²) in [7, 11) is 0. The maximum Gasteiger partial charge on any atom is 0.0241 e. The van der Waals surface area contributed by atoms with E-state index in [0.717, 1.165) is 34.9 Å². The Morgan fingerprint density at radius 2 is 1.22 bits per heavy atom. The molecule has 0 unspecified atom stereocenters. The van der Waals surface area contributed by atoms with E-state index in [2.05, 4.69) is 68.2 Å². The van der Waals surface area contributed by atoms with Crippen molar-refractivity contribution in [2.45, 2.75) is 90.9 Å². The standard InChI is InChI=1S/C12H22Br2.C12H21Br/c1-2-3-10-4-6-11(7-5-10)12(8-13)9-14;1-3-4-11-5-7-12(8-6-11)10(2)9-13/h10-12H,2-9H2,1H3;11-12H,2-9H2,1H3. The van der Waals surface area contributed by atoms with E-state index >= 15 is 0 Å². The fourth-order valence-electron chi connectivity index (χ4n) is 5.03. The third-order valence-electron chi connectivity index (χ3n) is 6.94. The Morgan fingerprint density at radius 3 is 1.59 bits per heavy atom. The summed E-state index contributed by atoms with van der Waals surface area (Å²) in [5.74, 6) is 4.71. The highest BCUT2D eigenvalue weighted by atomic mass is 79.9. The summed E-state index contributed by atoms with van der Waals surface area (Å²) in [6.45, 7) is 8.73. The fraction of sp³-hybridized carbons (Fsp3) is 0.917. The number of rotatable bonds is 9. The Morgan fingerprint density at radius 1 is 0.778 bits per heavy atom. The van der Waals surface area contributed by atoms with E-state index in [0.29, 0.717) is 0 Å². The molecule has 3 heteroatoms. The van der Waals surface area contributed by atoms with Crippen molar-refractivity contribution >= 4 is 47.8 Å². The SMILES string of the molecule is C=C(CBr)C1CCC(CCC)CC1.CCCC1CCC(C(CBr)CBr)CC1. The summed E-state index contributed by atoms with van der Waals surface area (Å²) in [5.41, 5.74) is 1.41. The number of hydrogen-bond donors (Lipinski definition) is 0. The molecule has 0 aromatic rings. The highest BCUT2D eigenvalue weighted by molar-refractivity contribution is 9.09. The Balaban J connectivity index is 0.000000271. The van der Waals surface area contributed by atoms with Crippen LogP contribution in [-0.2, 0) is 0 Å². The van der Waals surface area contributed by atoms with E-state index in [1.807, 2.05) is 0 Å². The number of halogens is 3.